The first-order valence-electron chi connectivity index (χ1n) is 9.21. The number of rotatable bonds is 4. The average molecular weight is 466 g/mol. The van der Waals surface area contributed by atoms with Crippen LogP contribution >= 0.6 is 0 Å². The minimum atomic E-state index is -4.83. The molecule has 0 aliphatic carbocycles. The van der Waals surface area contributed by atoms with E-state index >= 15 is 0 Å². The second-order valence-electron chi connectivity index (χ2n) is 6.76. The third kappa shape index (κ3) is 4.61. The highest BCUT2D eigenvalue weighted by molar-refractivity contribution is 5.91. The van der Waals surface area contributed by atoms with Gasteiger partial charge in [-0.2, -0.15) is 31.3 Å². The Bertz CT molecular complexity index is 1270. The molecule has 170 valence electrons. The topological polar surface area (TPSA) is 85.1 Å². The summed E-state index contributed by atoms with van der Waals surface area (Å²) in [5.74, 6) is -1.29. The molecule has 1 N–H and O–H groups in total. The number of aromatic nitrogens is 5. The van der Waals surface area contributed by atoms with Crippen LogP contribution in [0.1, 0.15) is 39.0 Å². The van der Waals surface area contributed by atoms with Crippen LogP contribution < -0.4 is 5.32 Å². The molecule has 13 heteroatoms. The summed E-state index contributed by atoms with van der Waals surface area (Å²) in [5, 5.41) is 6.26. The third-order valence-electron chi connectivity index (χ3n) is 4.58. The lowest BCUT2D eigenvalue weighted by Gasteiger charge is -2.22. The second kappa shape index (κ2) is 8.15. The van der Waals surface area contributed by atoms with E-state index in [1.54, 1.807) is 0 Å². The molecular formula is C20H12F6N6O. The van der Waals surface area contributed by atoms with Crippen LogP contribution in [0.25, 0.3) is 5.78 Å². The number of nitrogens with one attached hydrogen (secondary N) is 1. The zero-order valence-electron chi connectivity index (χ0n) is 16.3. The molecule has 0 aliphatic rings. The Labute approximate surface area is 181 Å². The summed E-state index contributed by atoms with van der Waals surface area (Å²) in [5.41, 5.74) is -2.80. The standard InChI is InChI=1S/C20H12F6N6O/c21-19(22,23)12-6-4-11(5-7-12)14(15-13(20(24,25)26)3-1-8-27-15)29-17(33)16-30-18-28-9-2-10-32(18)31-16/h1-10,14H,(H,29,33). The van der Waals surface area contributed by atoms with Crippen LogP contribution in [0, 0.1) is 0 Å². The number of hydrogen-bond acceptors (Lipinski definition) is 5. The van der Waals surface area contributed by atoms with E-state index in [9.17, 15) is 31.1 Å². The summed E-state index contributed by atoms with van der Waals surface area (Å²) >= 11 is 0. The SMILES string of the molecule is O=C(NC(c1ccc(C(F)(F)F)cc1)c1ncccc1C(F)(F)F)c1nc2ncccn2n1. The first kappa shape index (κ1) is 22.2. The van der Waals surface area contributed by atoms with Gasteiger partial charge in [0.05, 0.1) is 22.9 Å². The molecule has 0 fully saturated rings. The van der Waals surface area contributed by atoms with Crippen molar-refractivity contribution >= 4 is 11.7 Å². The molecule has 0 saturated carbocycles. The quantitative estimate of drug-likeness (QED) is 0.459. The number of pyridine rings is 1. The normalized spacial score (nSPS) is 13.2. The van der Waals surface area contributed by atoms with Gasteiger partial charge in [0, 0.05) is 18.6 Å². The molecule has 0 saturated heterocycles. The van der Waals surface area contributed by atoms with E-state index in [0.717, 1.165) is 30.5 Å². The Morgan fingerprint density at radius 2 is 1.61 bits per heavy atom. The molecule has 0 spiro atoms. The van der Waals surface area contributed by atoms with Crippen LogP contribution in [0.4, 0.5) is 26.3 Å². The number of carbonyl (C=O) groups is 1. The van der Waals surface area contributed by atoms with Gasteiger partial charge in [-0.3, -0.25) is 9.78 Å². The molecule has 33 heavy (non-hydrogen) atoms. The molecule has 4 aromatic rings. The van der Waals surface area contributed by atoms with Crippen LogP contribution in [-0.2, 0) is 12.4 Å². The van der Waals surface area contributed by atoms with Crippen LogP contribution in [0.5, 0.6) is 0 Å². The number of alkyl halides is 6. The number of benzene rings is 1. The van der Waals surface area contributed by atoms with Crippen molar-refractivity contribution in [1.82, 2.24) is 29.9 Å². The first-order chi connectivity index (χ1) is 15.5. The van der Waals surface area contributed by atoms with Gasteiger partial charge in [-0.15, -0.1) is 5.10 Å². The van der Waals surface area contributed by atoms with Gasteiger partial charge >= 0.3 is 12.4 Å². The molecule has 1 amide bonds. The van der Waals surface area contributed by atoms with Crippen molar-refractivity contribution in [3.63, 3.8) is 0 Å². The van der Waals surface area contributed by atoms with Crippen LogP contribution in [0.15, 0.2) is 61.1 Å². The zero-order valence-corrected chi connectivity index (χ0v) is 16.3. The van der Waals surface area contributed by atoms with Crippen molar-refractivity contribution in [2.75, 3.05) is 0 Å². The van der Waals surface area contributed by atoms with Crippen molar-refractivity contribution in [2.24, 2.45) is 0 Å². The van der Waals surface area contributed by atoms with Gasteiger partial charge in [0.15, 0.2) is 0 Å². The summed E-state index contributed by atoms with van der Waals surface area (Å²) in [6.45, 7) is 0. The predicted molar refractivity (Wildman–Crippen MR) is 101 cm³/mol. The van der Waals surface area contributed by atoms with Crippen LogP contribution in [-0.4, -0.2) is 30.5 Å². The molecule has 0 radical (unpaired) electrons. The number of amides is 1. The molecule has 1 aromatic carbocycles. The fraction of sp³-hybridized carbons (Fsp3) is 0.150. The molecular weight excluding hydrogens is 454 g/mol. The van der Waals surface area contributed by atoms with E-state index in [-0.39, 0.29) is 11.3 Å². The Balaban J connectivity index is 1.77. The lowest BCUT2D eigenvalue weighted by atomic mass is 9.97. The van der Waals surface area contributed by atoms with Crippen LogP contribution in [0.2, 0.25) is 0 Å². The van der Waals surface area contributed by atoms with Gasteiger partial charge in [-0.1, -0.05) is 12.1 Å². The largest absolute Gasteiger partial charge is 0.418 e. The van der Waals surface area contributed by atoms with Crippen LogP contribution in [0.3, 0.4) is 0 Å². The Kier molecular flexibility index (Phi) is 5.47. The van der Waals surface area contributed by atoms with Gasteiger partial charge in [-0.25, -0.2) is 9.50 Å². The van der Waals surface area contributed by atoms with Gasteiger partial charge < -0.3 is 5.32 Å². The summed E-state index contributed by atoms with van der Waals surface area (Å²) in [6.07, 6.45) is -5.53. The highest BCUT2D eigenvalue weighted by Gasteiger charge is 2.37. The summed E-state index contributed by atoms with van der Waals surface area (Å²) in [6, 6.07) is 5.17. The number of fused-ring (bicyclic) bond motifs is 1. The maximum absolute atomic E-state index is 13.6. The van der Waals surface area contributed by atoms with Gasteiger partial charge in [0.1, 0.15) is 0 Å². The summed E-state index contributed by atoms with van der Waals surface area (Å²) in [7, 11) is 0. The number of nitrogens with zero attached hydrogens (tertiary/aromatic N) is 5. The Hall–Kier alpha value is -4.03. The van der Waals surface area contributed by atoms with E-state index in [0.29, 0.717) is 12.1 Å². The molecule has 0 bridgehead atoms. The fourth-order valence-electron chi connectivity index (χ4n) is 3.09. The van der Waals surface area contributed by atoms with Crippen molar-refractivity contribution in [1.29, 1.82) is 0 Å². The summed E-state index contributed by atoms with van der Waals surface area (Å²) in [4.78, 5) is 24.4. The molecule has 7 nitrogen and oxygen atoms in total. The Morgan fingerprint density at radius 3 is 2.24 bits per heavy atom. The van der Waals surface area contributed by atoms with Gasteiger partial charge in [0.25, 0.3) is 11.7 Å². The van der Waals surface area contributed by atoms with Crippen molar-refractivity contribution in [3.05, 3.63) is 89.3 Å². The van der Waals surface area contributed by atoms with Crippen molar-refractivity contribution in [2.45, 2.75) is 18.4 Å². The van der Waals surface area contributed by atoms with Gasteiger partial charge in [-0.05, 0) is 35.9 Å². The molecule has 4 rings (SSSR count). The number of halogens is 6. The summed E-state index contributed by atoms with van der Waals surface area (Å²) < 4.78 is 80.8. The van der Waals surface area contributed by atoms with E-state index in [1.807, 2.05) is 0 Å². The van der Waals surface area contributed by atoms with E-state index in [4.69, 9.17) is 0 Å². The van der Waals surface area contributed by atoms with E-state index in [1.165, 1.54) is 23.0 Å². The first-order valence-corrected chi connectivity index (χ1v) is 9.21. The highest BCUT2D eigenvalue weighted by Crippen LogP contribution is 2.36. The minimum absolute atomic E-state index is 0.0533. The molecule has 3 aromatic heterocycles. The molecule has 1 unspecified atom stereocenters. The molecule has 3 heterocycles. The number of hydrogen-bond donors (Lipinski definition) is 1. The second-order valence-corrected chi connectivity index (χ2v) is 6.76. The third-order valence-corrected chi connectivity index (χ3v) is 4.58. The zero-order chi connectivity index (χ0) is 23.8. The minimum Gasteiger partial charge on any atom is -0.337 e. The lowest BCUT2D eigenvalue weighted by molar-refractivity contribution is -0.139. The maximum Gasteiger partial charge on any atom is 0.418 e. The lowest BCUT2D eigenvalue weighted by Crippen LogP contribution is -2.32. The Morgan fingerprint density at radius 1 is 0.909 bits per heavy atom. The van der Waals surface area contributed by atoms with Crippen molar-refractivity contribution in [3.8, 4) is 0 Å². The van der Waals surface area contributed by atoms with Gasteiger partial charge in [0.2, 0.25) is 5.82 Å². The predicted octanol–water partition coefficient (Wildman–Crippen LogP) is 4.08. The molecule has 0 aliphatic heterocycles. The highest BCUT2D eigenvalue weighted by atomic mass is 19.4. The average Bonchev–Trinajstić information content (AvgIpc) is 3.21. The smallest absolute Gasteiger partial charge is 0.337 e. The fourth-order valence-corrected chi connectivity index (χ4v) is 3.09. The van der Waals surface area contributed by atoms with E-state index in [2.05, 4.69) is 25.4 Å². The molecule has 1 atom stereocenters. The van der Waals surface area contributed by atoms with Crippen molar-refractivity contribution < 1.29 is 31.1 Å². The maximum atomic E-state index is 13.6. The number of carbonyl (C=O) groups excluding carboxylic acids is 1. The van der Waals surface area contributed by atoms with E-state index < -0.39 is 46.9 Å². The monoisotopic (exact) mass is 466 g/mol.